The molecule has 2 unspecified atom stereocenters. The Labute approximate surface area is 67.9 Å². The van der Waals surface area contributed by atoms with Crippen molar-refractivity contribution in [1.29, 1.82) is 0 Å². The fourth-order valence-corrected chi connectivity index (χ4v) is 0.772. The topological polar surface area (TPSA) is 40.5 Å². The van der Waals surface area contributed by atoms with E-state index in [0.717, 1.165) is 12.8 Å². The number of aliphatic hydroxyl groups excluding tert-OH is 2. The second-order valence-corrected chi connectivity index (χ2v) is 2.65. The van der Waals surface area contributed by atoms with Gasteiger partial charge in [0.15, 0.2) is 0 Å². The largest absolute Gasteiger partial charge is 0.391 e. The van der Waals surface area contributed by atoms with Gasteiger partial charge in [0.05, 0.1) is 12.2 Å². The maximum atomic E-state index is 9.13. The van der Waals surface area contributed by atoms with Crippen molar-refractivity contribution in [2.24, 2.45) is 0 Å². The third kappa shape index (κ3) is 5.86. The first kappa shape index (κ1) is 10.4. The van der Waals surface area contributed by atoms with E-state index in [1.165, 1.54) is 0 Å². The van der Waals surface area contributed by atoms with Crippen molar-refractivity contribution in [3.8, 4) is 0 Å². The Hall–Kier alpha value is -0.560. The van der Waals surface area contributed by atoms with Crippen molar-refractivity contribution >= 4 is 0 Å². The Morgan fingerprint density at radius 2 is 2.18 bits per heavy atom. The van der Waals surface area contributed by atoms with Crippen molar-refractivity contribution < 1.29 is 10.2 Å². The smallest absolute Gasteiger partial charge is 0.0796 e. The molecule has 0 aromatic carbocycles. The van der Waals surface area contributed by atoms with E-state index in [2.05, 4.69) is 12.3 Å². The molecule has 11 heavy (non-hydrogen) atoms. The fourth-order valence-electron chi connectivity index (χ4n) is 0.772. The Balaban J connectivity index is 3.31. The summed E-state index contributed by atoms with van der Waals surface area (Å²) in [5.41, 5.74) is 2.65. The van der Waals surface area contributed by atoms with Crippen molar-refractivity contribution in [3.05, 3.63) is 18.4 Å². The molecule has 2 N–H and O–H groups in total. The first-order valence-electron chi connectivity index (χ1n) is 3.89. The number of hydrogen-bond acceptors (Lipinski definition) is 2. The van der Waals surface area contributed by atoms with Crippen LogP contribution >= 0.6 is 0 Å². The van der Waals surface area contributed by atoms with E-state index in [1.54, 1.807) is 6.92 Å². The van der Waals surface area contributed by atoms with Crippen LogP contribution in [0.1, 0.15) is 26.2 Å². The minimum atomic E-state index is -0.622. The Kier molecular flexibility index (Phi) is 5.86. The maximum Gasteiger partial charge on any atom is 0.0796 e. The fraction of sp³-hybridized carbons (Fsp3) is 0.667. The van der Waals surface area contributed by atoms with Crippen molar-refractivity contribution in [3.63, 3.8) is 0 Å². The molecule has 0 fully saturated rings. The molecule has 0 aromatic heterocycles. The normalized spacial score (nSPS) is 15.2. The zero-order chi connectivity index (χ0) is 8.69. The number of allylic oxidation sites excluding steroid dienone is 1. The Bertz CT molecular complexity index is 134. The van der Waals surface area contributed by atoms with Crippen LogP contribution in [0.4, 0.5) is 0 Å². The second kappa shape index (κ2) is 6.17. The highest BCUT2D eigenvalue weighted by Gasteiger charge is 2.08. The third-order valence-electron chi connectivity index (χ3n) is 1.55. The van der Waals surface area contributed by atoms with Gasteiger partial charge in [0.1, 0.15) is 0 Å². The molecule has 0 rings (SSSR count). The predicted molar refractivity (Wildman–Crippen MR) is 45.2 cm³/mol. The Morgan fingerprint density at radius 1 is 1.55 bits per heavy atom. The van der Waals surface area contributed by atoms with E-state index < -0.39 is 12.2 Å². The van der Waals surface area contributed by atoms with Crippen LogP contribution in [0.3, 0.4) is 0 Å². The lowest BCUT2D eigenvalue weighted by atomic mass is 10.1. The molecule has 0 bridgehead atoms. The van der Waals surface area contributed by atoms with Gasteiger partial charge in [-0.05, 0) is 32.3 Å². The van der Waals surface area contributed by atoms with Gasteiger partial charge in [-0.3, -0.25) is 0 Å². The highest BCUT2D eigenvalue weighted by molar-refractivity contribution is 4.76. The summed E-state index contributed by atoms with van der Waals surface area (Å²) >= 11 is 0. The molecular formula is C9H16O2. The molecule has 0 spiro atoms. The second-order valence-electron chi connectivity index (χ2n) is 2.65. The van der Waals surface area contributed by atoms with Gasteiger partial charge in [-0.2, -0.15) is 0 Å². The predicted octanol–water partition coefficient (Wildman–Crippen LogP) is 1.24. The van der Waals surface area contributed by atoms with E-state index >= 15 is 0 Å². The average Bonchev–Trinajstić information content (AvgIpc) is 1.97. The summed E-state index contributed by atoms with van der Waals surface area (Å²) in [6.07, 6.45) is 2.99. The summed E-state index contributed by atoms with van der Waals surface area (Å²) < 4.78 is 0. The van der Waals surface area contributed by atoms with Crippen LogP contribution in [-0.2, 0) is 0 Å². The van der Waals surface area contributed by atoms with Crippen LogP contribution in [-0.4, -0.2) is 22.4 Å². The molecule has 2 atom stereocenters. The number of hydrogen-bond donors (Lipinski definition) is 2. The number of rotatable bonds is 5. The standard InChI is InChI=1S/C9H16O2/c1-3-4-5-6-7-9(11)8(2)10/h4,8-11H,1,5-7H2,2H3. The average molecular weight is 156 g/mol. The molecule has 2 nitrogen and oxygen atoms in total. The summed E-state index contributed by atoms with van der Waals surface area (Å²) in [5.74, 6) is 0. The summed E-state index contributed by atoms with van der Waals surface area (Å²) in [6, 6.07) is 0. The monoisotopic (exact) mass is 156 g/mol. The summed E-state index contributed by atoms with van der Waals surface area (Å²) in [4.78, 5) is 0. The van der Waals surface area contributed by atoms with Crippen LogP contribution < -0.4 is 0 Å². The van der Waals surface area contributed by atoms with E-state index in [4.69, 9.17) is 10.2 Å². The van der Waals surface area contributed by atoms with E-state index in [0.29, 0.717) is 6.42 Å². The maximum absolute atomic E-state index is 9.13. The molecule has 2 heteroatoms. The molecule has 0 saturated carbocycles. The molecule has 0 saturated heterocycles. The van der Waals surface area contributed by atoms with Gasteiger partial charge in [-0.1, -0.05) is 6.58 Å². The first-order chi connectivity index (χ1) is 5.18. The van der Waals surface area contributed by atoms with E-state index in [1.807, 2.05) is 6.08 Å². The van der Waals surface area contributed by atoms with Crippen LogP contribution in [0, 0.1) is 0 Å². The molecule has 0 aromatic rings. The summed E-state index contributed by atoms with van der Waals surface area (Å²) in [6.45, 7) is 5.01. The van der Waals surface area contributed by atoms with Gasteiger partial charge < -0.3 is 10.2 Å². The van der Waals surface area contributed by atoms with Crippen LogP contribution in [0.2, 0.25) is 0 Å². The van der Waals surface area contributed by atoms with Crippen LogP contribution in [0.5, 0.6) is 0 Å². The lowest BCUT2D eigenvalue weighted by molar-refractivity contribution is 0.0252. The minimum Gasteiger partial charge on any atom is -0.391 e. The highest BCUT2D eigenvalue weighted by atomic mass is 16.3. The first-order valence-corrected chi connectivity index (χ1v) is 3.89. The molecule has 0 heterocycles. The van der Waals surface area contributed by atoms with Gasteiger partial charge in [0.25, 0.3) is 0 Å². The molecular weight excluding hydrogens is 140 g/mol. The van der Waals surface area contributed by atoms with Gasteiger partial charge in [0.2, 0.25) is 0 Å². The van der Waals surface area contributed by atoms with Crippen LogP contribution in [0.15, 0.2) is 18.4 Å². The van der Waals surface area contributed by atoms with Gasteiger partial charge >= 0.3 is 0 Å². The van der Waals surface area contributed by atoms with Crippen LogP contribution in [0.25, 0.3) is 0 Å². The minimum absolute atomic E-state index is 0.590. The molecule has 0 amide bonds. The molecule has 0 aliphatic carbocycles. The lowest BCUT2D eigenvalue weighted by Crippen LogP contribution is -2.21. The third-order valence-corrected chi connectivity index (χ3v) is 1.55. The molecule has 64 valence electrons. The zero-order valence-electron chi connectivity index (χ0n) is 6.95. The van der Waals surface area contributed by atoms with Gasteiger partial charge in [-0.25, -0.2) is 0 Å². The molecule has 0 aliphatic heterocycles. The summed E-state index contributed by atoms with van der Waals surface area (Å²) in [7, 11) is 0. The van der Waals surface area contributed by atoms with Gasteiger partial charge in [-0.15, -0.1) is 5.73 Å². The molecule has 0 radical (unpaired) electrons. The quantitative estimate of drug-likeness (QED) is 0.464. The van der Waals surface area contributed by atoms with Crippen molar-refractivity contribution in [2.75, 3.05) is 0 Å². The highest BCUT2D eigenvalue weighted by Crippen LogP contribution is 2.04. The van der Waals surface area contributed by atoms with E-state index in [-0.39, 0.29) is 0 Å². The SMILES string of the molecule is C=C=CCCCC(O)C(C)O. The number of aliphatic hydroxyl groups is 2. The lowest BCUT2D eigenvalue weighted by Gasteiger charge is -2.11. The van der Waals surface area contributed by atoms with E-state index in [9.17, 15) is 0 Å². The zero-order valence-corrected chi connectivity index (χ0v) is 6.95. The van der Waals surface area contributed by atoms with Crippen molar-refractivity contribution in [2.45, 2.75) is 38.4 Å². The Morgan fingerprint density at radius 3 is 2.64 bits per heavy atom. The number of unbranched alkanes of at least 4 members (excludes halogenated alkanes) is 1. The molecule has 0 aliphatic rings. The van der Waals surface area contributed by atoms with Crippen molar-refractivity contribution in [1.82, 2.24) is 0 Å². The van der Waals surface area contributed by atoms with Gasteiger partial charge in [0, 0.05) is 0 Å². The summed E-state index contributed by atoms with van der Waals surface area (Å²) in [5, 5.41) is 18.0.